The Bertz CT molecular complexity index is 774. The minimum absolute atomic E-state index is 0. The second-order valence-corrected chi connectivity index (χ2v) is 7.19. The lowest BCUT2D eigenvalue weighted by Gasteiger charge is -2.08. The molecule has 0 bridgehead atoms. The average Bonchev–Trinajstić information content (AvgIpc) is 3.11. The number of para-hydroxylation sites is 1. The number of benzene rings is 2. The first-order valence-electron chi connectivity index (χ1n) is 8.50. The van der Waals surface area contributed by atoms with Crippen LogP contribution in [-0.2, 0) is 6.54 Å². The van der Waals surface area contributed by atoms with E-state index in [1.807, 2.05) is 30.3 Å². The molecular weight excluding hydrogens is 366 g/mol. The Balaban J connectivity index is 0.00000243. The SMILES string of the molecule is CC(C)c1ccc(CNCCSc2nnnn2-c2ccccc2)cc1.Cl. The molecule has 0 amide bonds. The molecule has 3 rings (SSSR count). The van der Waals surface area contributed by atoms with Crippen LogP contribution in [0.4, 0.5) is 0 Å². The fourth-order valence-electron chi connectivity index (χ4n) is 2.47. The van der Waals surface area contributed by atoms with Gasteiger partial charge in [0.05, 0.1) is 5.69 Å². The van der Waals surface area contributed by atoms with Crippen molar-refractivity contribution in [3.05, 3.63) is 65.7 Å². The van der Waals surface area contributed by atoms with Gasteiger partial charge in [-0.3, -0.25) is 0 Å². The van der Waals surface area contributed by atoms with Gasteiger partial charge in [0.15, 0.2) is 0 Å². The van der Waals surface area contributed by atoms with Crippen LogP contribution in [0, 0.1) is 0 Å². The Morgan fingerprint density at radius 1 is 1.04 bits per heavy atom. The molecule has 0 aliphatic carbocycles. The molecule has 138 valence electrons. The summed E-state index contributed by atoms with van der Waals surface area (Å²) in [6, 6.07) is 18.8. The molecule has 0 aliphatic rings. The zero-order valence-corrected chi connectivity index (χ0v) is 16.6. The molecule has 2 aromatic carbocycles. The minimum Gasteiger partial charge on any atom is -0.312 e. The third kappa shape index (κ3) is 5.56. The molecule has 3 aromatic rings. The molecule has 0 saturated heterocycles. The summed E-state index contributed by atoms with van der Waals surface area (Å²) in [6.45, 7) is 6.21. The van der Waals surface area contributed by atoms with Crippen LogP contribution in [0.15, 0.2) is 59.8 Å². The second kappa shape index (κ2) is 10.3. The first kappa shape index (κ1) is 20.4. The van der Waals surface area contributed by atoms with Gasteiger partial charge in [-0.25, -0.2) is 0 Å². The van der Waals surface area contributed by atoms with Crippen LogP contribution in [0.3, 0.4) is 0 Å². The van der Waals surface area contributed by atoms with Crippen molar-refractivity contribution in [3.63, 3.8) is 0 Å². The van der Waals surface area contributed by atoms with E-state index in [4.69, 9.17) is 0 Å². The van der Waals surface area contributed by atoms with Crippen molar-refractivity contribution in [1.29, 1.82) is 0 Å². The Labute approximate surface area is 165 Å². The van der Waals surface area contributed by atoms with Crippen molar-refractivity contribution < 1.29 is 0 Å². The topological polar surface area (TPSA) is 55.6 Å². The number of rotatable bonds is 8. The van der Waals surface area contributed by atoms with Gasteiger partial charge in [0.2, 0.25) is 5.16 Å². The van der Waals surface area contributed by atoms with E-state index in [0.717, 1.165) is 29.7 Å². The molecule has 0 aliphatic heterocycles. The third-order valence-electron chi connectivity index (χ3n) is 3.93. The summed E-state index contributed by atoms with van der Waals surface area (Å²) < 4.78 is 1.77. The highest BCUT2D eigenvalue weighted by atomic mass is 35.5. The summed E-state index contributed by atoms with van der Waals surface area (Å²) in [5.41, 5.74) is 3.67. The van der Waals surface area contributed by atoms with Crippen LogP contribution in [0.1, 0.15) is 30.9 Å². The lowest BCUT2D eigenvalue weighted by atomic mass is 10.0. The molecular formula is C19H24ClN5S. The maximum Gasteiger partial charge on any atom is 0.214 e. The van der Waals surface area contributed by atoms with Gasteiger partial charge >= 0.3 is 0 Å². The minimum atomic E-state index is 0. The van der Waals surface area contributed by atoms with E-state index in [1.165, 1.54) is 11.1 Å². The van der Waals surface area contributed by atoms with Crippen LogP contribution in [-0.4, -0.2) is 32.5 Å². The average molecular weight is 390 g/mol. The summed E-state index contributed by atoms with van der Waals surface area (Å²) in [5.74, 6) is 1.49. The molecule has 0 spiro atoms. The molecule has 1 N–H and O–H groups in total. The number of halogens is 1. The fourth-order valence-corrected chi connectivity index (χ4v) is 3.26. The number of hydrogen-bond donors (Lipinski definition) is 1. The molecule has 1 heterocycles. The smallest absolute Gasteiger partial charge is 0.214 e. The van der Waals surface area contributed by atoms with Gasteiger partial charge in [-0.1, -0.05) is 68.1 Å². The van der Waals surface area contributed by atoms with Gasteiger partial charge in [-0.15, -0.1) is 17.5 Å². The quantitative estimate of drug-likeness (QED) is 0.464. The zero-order chi connectivity index (χ0) is 17.5. The van der Waals surface area contributed by atoms with Crippen LogP contribution in [0.2, 0.25) is 0 Å². The van der Waals surface area contributed by atoms with Gasteiger partial charge in [-0.05, 0) is 39.6 Å². The van der Waals surface area contributed by atoms with Gasteiger partial charge in [0.1, 0.15) is 0 Å². The first-order chi connectivity index (χ1) is 12.2. The molecule has 7 heteroatoms. The van der Waals surface area contributed by atoms with Crippen molar-refractivity contribution in [2.24, 2.45) is 0 Å². The van der Waals surface area contributed by atoms with Crippen molar-refractivity contribution in [2.75, 3.05) is 12.3 Å². The molecule has 26 heavy (non-hydrogen) atoms. The van der Waals surface area contributed by atoms with E-state index in [2.05, 4.69) is 59.0 Å². The summed E-state index contributed by atoms with van der Waals surface area (Å²) in [6.07, 6.45) is 0. The fraction of sp³-hybridized carbons (Fsp3) is 0.316. The second-order valence-electron chi connectivity index (χ2n) is 6.13. The van der Waals surface area contributed by atoms with Crippen LogP contribution in [0.25, 0.3) is 5.69 Å². The van der Waals surface area contributed by atoms with E-state index in [9.17, 15) is 0 Å². The van der Waals surface area contributed by atoms with Crippen LogP contribution >= 0.6 is 24.2 Å². The summed E-state index contributed by atoms with van der Waals surface area (Å²) in [4.78, 5) is 0. The number of hydrogen-bond acceptors (Lipinski definition) is 5. The van der Waals surface area contributed by atoms with Crippen molar-refractivity contribution in [3.8, 4) is 5.69 Å². The number of thioether (sulfide) groups is 1. The van der Waals surface area contributed by atoms with Crippen LogP contribution in [0.5, 0.6) is 0 Å². The van der Waals surface area contributed by atoms with Gasteiger partial charge < -0.3 is 5.32 Å². The van der Waals surface area contributed by atoms with Crippen molar-refractivity contribution >= 4 is 24.2 Å². The van der Waals surface area contributed by atoms with Gasteiger partial charge in [0.25, 0.3) is 0 Å². The van der Waals surface area contributed by atoms with Gasteiger partial charge in [0, 0.05) is 18.8 Å². The first-order valence-corrected chi connectivity index (χ1v) is 9.49. The molecule has 0 saturated carbocycles. The van der Waals surface area contributed by atoms with E-state index < -0.39 is 0 Å². The monoisotopic (exact) mass is 389 g/mol. The summed E-state index contributed by atoms with van der Waals surface area (Å²) >= 11 is 1.65. The molecule has 0 atom stereocenters. The van der Waals surface area contributed by atoms with Crippen molar-refractivity contribution in [1.82, 2.24) is 25.5 Å². The number of nitrogens with zero attached hydrogens (tertiary/aromatic N) is 4. The molecule has 1 aromatic heterocycles. The molecule has 0 unspecified atom stereocenters. The maximum atomic E-state index is 4.11. The van der Waals surface area contributed by atoms with Gasteiger partial charge in [-0.2, -0.15) is 4.68 Å². The highest BCUT2D eigenvalue weighted by Gasteiger charge is 2.08. The Kier molecular flexibility index (Phi) is 8.09. The van der Waals surface area contributed by atoms with E-state index >= 15 is 0 Å². The summed E-state index contributed by atoms with van der Waals surface area (Å²) in [7, 11) is 0. The van der Waals surface area contributed by atoms with E-state index in [1.54, 1.807) is 16.4 Å². The van der Waals surface area contributed by atoms with E-state index in [-0.39, 0.29) is 12.4 Å². The number of aromatic nitrogens is 4. The molecule has 5 nitrogen and oxygen atoms in total. The Hall–Kier alpha value is -1.89. The lowest BCUT2D eigenvalue weighted by Crippen LogP contribution is -2.16. The molecule has 0 radical (unpaired) electrons. The Morgan fingerprint density at radius 2 is 1.77 bits per heavy atom. The zero-order valence-electron chi connectivity index (χ0n) is 15.0. The number of tetrazole rings is 1. The van der Waals surface area contributed by atoms with Crippen molar-refractivity contribution in [2.45, 2.75) is 31.5 Å². The normalized spacial score (nSPS) is 10.7. The molecule has 0 fully saturated rings. The highest BCUT2D eigenvalue weighted by Crippen LogP contribution is 2.17. The summed E-state index contributed by atoms with van der Waals surface area (Å²) in [5, 5.41) is 16.3. The van der Waals surface area contributed by atoms with E-state index in [0.29, 0.717) is 5.92 Å². The lowest BCUT2D eigenvalue weighted by molar-refractivity contribution is 0.727. The Morgan fingerprint density at radius 3 is 2.46 bits per heavy atom. The predicted octanol–water partition coefficient (Wildman–Crippen LogP) is 4.09. The largest absolute Gasteiger partial charge is 0.312 e. The maximum absolute atomic E-state index is 4.11. The highest BCUT2D eigenvalue weighted by molar-refractivity contribution is 7.99. The number of nitrogens with one attached hydrogen (secondary N) is 1. The standard InChI is InChI=1S/C19H23N5S.ClH/c1-15(2)17-10-8-16(9-11-17)14-20-12-13-25-19-21-22-23-24(19)18-6-4-3-5-7-18;/h3-11,15,20H,12-14H2,1-2H3;1H. The third-order valence-corrected chi connectivity index (χ3v) is 4.85. The van der Waals surface area contributed by atoms with Crippen LogP contribution < -0.4 is 5.32 Å². The predicted molar refractivity (Wildman–Crippen MR) is 109 cm³/mol.